The van der Waals surface area contributed by atoms with E-state index in [2.05, 4.69) is 5.10 Å². The van der Waals surface area contributed by atoms with Gasteiger partial charge in [-0.2, -0.15) is 0 Å². The predicted octanol–water partition coefficient (Wildman–Crippen LogP) is -2.85. The van der Waals surface area contributed by atoms with Gasteiger partial charge in [0.15, 0.2) is 0 Å². The van der Waals surface area contributed by atoms with Crippen LogP contribution in [0.2, 0.25) is 0 Å². The van der Waals surface area contributed by atoms with Gasteiger partial charge in [-0.05, 0) is 13.8 Å². The van der Waals surface area contributed by atoms with Gasteiger partial charge in [-0.3, -0.25) is 4.79 Å². The molecule has 16 heavy (non-hydrogen) atoms. The van der Waals surface area contributed by atoms with Crippen molar-refractivity contribution in [3.63, 3.8) is 0 Å². The maximum absolute atomic E-state index is 11.3. The molecule has 0 saturated heterocycles. The molecule has 0 bridgehead atoms. The van der Waals surface area contributed by atoms with Gasteiger partial charge in [0.25, 0.3) is 5.82 Å². The van der Waals surface area contributed by atoms with Crippen molar-refractivity contribution in [2.24, 2.45) is 7.05 Å². The summed E-state index contributed by atoms with van der Waals surface area (Å²) in [4.78, 5) is 11.3. The Bertz CT molecular complexity index is 363. The minimum atomic E-state index is -0.228. The van der Waals surface area contributed by atoms with Crippen LogP contribution in [0.25, 0.3) is 0 Å². The summed E-state index contributed by atoms with van der Waals surface area (Å²) < 4.78 is 8.67. The molecule has 0 spiro atoms. The SMILES string of the molecule is CCOC(=O)Cc1nn(CC)c(C)[n+]1C.[I-]. The molecule has 6 heteroatoms. The van der Waals surface area contributed by atoms with Crippen molar-refractivity contribution in [3.05, 3.63) is 11.6 Å². The van der Waals surface area contributed by atoms with E-state index in [9.17, 15) is 4.79 Å². The van der Waals surface area contributed by atoms with Crippen LogP contribution >= 0.6 is 0 Å². The lowest BCUT2D eigenvalue weighted by Crippen LogP contribution is -3.00. The average molecular weight is 339 g/mol. The molecule has 5 nitrogen and oxygen atoms in total. The van der Waals surface area contributed by atoms with Crippen molar-refractivity contribution < 1.29 is 38.1 Å². The van der Waals surface area contributed by atoms with E-state index in [1.807, 2.05) is 30.1 Å². The summed E-state index contributed by atoms with van der Waals surface area (Å²) >= 11 is 0. The fourth-order valence-electron chi connectivity index (χ4n) is 1.43. The number of carbonyl (C=O) groups excluding carboxylic acids is 1. The summed E-state index contributed by atoms with van der Waals surface area (Å²) in [6.45, 7) is 7.02. The van der Waals surface area contributed by atoms with Gasteiger partial charge < -0.3 is 28.7 Å². The smallest absolute Gasteiger partial charge is 0.316 e. The molecule has 0 saturated carbocycles. The molecular formula is C10H18IN3O2. The van der Waals surface area contributed by atoms with Gasteiger partial charge in [-0.15, -0.1) is 4.68 Å². The molecule has 0 atom stereocenters. The number of carbonyl (C=O) groups is 1. The minimum absolute atomic E-state index is 0. The van der Waals surface area contributed by atoms with E-state index in [0.29, 0.717) is 6.61 Å². The zero-order valence-electron chi connectivity index (χ0n) is 10.2. The van der Waals surface area contributed by atoms with Crippen molar-refractivity contribution in [3.8, 4) is 0 Å². The maximum atomic E-state index is 11.3. The number of esters is 1. The van der Waals surface area contributed by atoms with E-state index in [0.717, 1.165) is 18.2 Å². The summed E-state index contributed by atoms with van der Waals surface area (Å²) in [6, 6.07) is 0. The van der Waals surface area contributed by atoms with Crippen molar-refractivity contribution in [1.29, 1.82) is 0 Å². The maximum Gasteiger partial charge on any atom is 0.316 e. The highest BCUT2D eigenvalue weighted by molar-refractivity contribution is 5.71. The highest BCUT2D eigenvalue weighted by Gasteiger charge is 2.21. The summed E-state index contributed by atoms with van der Waals surface area (Å²) in [7, 11) is 1.91. The largest absolute Gasteiger partial charge is 1.00 e. The second-order valence-corrected chi connectivity index (χ2v) is 3.32. The van der Waals surface area contributed by atoms with Crippen molar-refractivity contribution in [2.75, 3.05) is 6.61 Å². The number of aryl methyl sites for hydroxylation is 1. The Morgan fingerprint density at radius 2 is 2.12 bits per heavy atom. The third kappa shape index (κ3) is 3.43. The molecule has 0 radical (unpaired) electrons. The van der Waals surface area contributed by atoms with Crippen LogP contribution in [0.1, 0.15) is 25.5 Å². The lowest BCUT2D eigenvalue weighted by Gasteiger charge is -1.97. The number of hydrogen-bond donors (Lipinski definition) is 0. The fraction of sp³-hybridized carbons (Fsp3) is 0.700. The molecule has 0 fully saturated rings. The third-order valence-electron chi connectivity index (χ3n) is 2.39. The summed E-state index contributed by atoms with van der Waals surface area (Å²) in [6.07, 6.45) is 0.234. The number of hydrogen-bond acceptors (Lipinski definition) is 3. The first-order chi connectivity index (χ1) is 7.10. The number of halogens is 1. The van der Waals surface area contributed by atoms with Gasteiger partial charge in [0.2, 0.25) is 5.82 Å². The lowest BCUT2D eigenvalue weighted by molar-refractivity contribution is -0.685. The van der Waals surface area contributed by atoms with E-state index < -0.39 is 0 Å². The van der Waals surface area contributed by atoms with E-state index in [4.69, 9.17) is 4.74 Å². The van der Waals surface area contributed by atoms with Crippen molar-refractivity contribution in [1.82, 2.24) is 9.78 Å². The zero-order valence-corrected chi connectivity index (χ0v) is 12.3. The van der Waals surface area contributed by atoms with E-state index >= 15 is 0 Å². The second-order valence-electron chi connectivity index (χ2n) is 3.32. The molecule has 0 amide bonds. The Hall–Kier alpha value is -0.660. The van der Waals surface area contributed by atoms with Crippen molar-refractivity contribution >= 4 is 5.97 Å². The fourth-order valence-corrected chi connectivity index (χ4v) is 1.43. The van der Waals surface area contributed by atoms with Gasteiger partial charge >= 0.3 is 5.97 Å². The van der Waals surface area contributed by atoms with Gasteiger partial charge in [0.1, 0.15) is 13.0 Å². The van der Waals surface area contributed by atoms with Crippen LogP contribution in [0.15, 0.2) is 0 Å². The van der Waals surface area contributed by atoms with Crippen LogP contribution in [0.4, 0.5) is 0 Å². The quantitative estimate of drug-likeness (QED) is 0.337. The molecule has 1 aromatic rings. The van der Waals surface area contributed by atoms with Crippen LogP contribution in [0.3, 0.4) is 0 Å². The molecular weight excluding hydrogens is 321 g/mol. The third-order valence-corrected chi connectivity index (χ3v) is 2.39. The molecule has 92 valence electrons. The Labute approximate surface area is 113 Å². The normalized spacial score (nSPS) is 9.75. The number of aromatic nitrogens is 3. The molecule has 1 heterocycles. The predicted molar refractivity (Wildman–Crippen MR) is 54.2 cm³/mol. The van der Waals surface area contributed by atoms with Gasteiger partial charge in [-0.25, -0.2) is 4.57 Å². The standard InChI is InChI=1S/C10H18N3O2.HI/c1-5-13-8(3)12(4)9(11-13)7-10(14)15-6-2;/h5-7H2,1-4H3;1H/q+1;/p-1. The minimum Gasteiger partial charge on any atom is -1.00 e. The Morgan fingerprint density at radius 3 is 2.56 bits per heavy atom. The summed E-state index contributed by atoms with van der Waals surface area (Å²) in [5, 5.41) is 4.33. The zero-order chi connectivity index (χ0) is 11.4. The Morgan fingerprint density at radius 1 is 1.50 bits per heavy atom. The van der Waals surface area contributed by atoms with E-state index in [1.54, 1.807) is 6.92 Å². The van der Waals surface area contributed by atoms with E-state index in [1.165, 1.54) is 0 Å². The Balaban J connectivity index is 0.00000225. The molecule has 1 rings (SSSR count). The second kappa shape index (κ2) is 6.82. The van der Waals surface area contributed by atoms with Crippen LogP contribution in [-0.4, -0.2) is 22.4 Å². The first kappa shape index (κ1) is 15.3. The van der Waals surface area contributed by atoms with Crippen LogP contribution in [0.5, 0.6) is 0 Å². The highest BCUT2D eigenvalue weighted by atomic mass is 127. The average Bonchev–Trinajstić information content (AvgIpc) is 2.46. The molecule has 0 aliphatic heterocycles. The number of nitrogens with zero attached hydrogens (tertiary/aromatic N) is 3. The highest BCUT2D eigenvalue weighted by Crippen LogP contribution is 1.96. The first-order valence-electron chi connectivity index (χ1n) is 5.18. The Kier molecular flexibility index (Phi) is 6.54. The molecule has 0 N–H and O–H groups in total. The van der Waals surface area contributed by atoms with Gasteiger partial charge in [0, 0.05) is 12.0 Å². The van der Waals surface area contributed by atoms with Crippen LogP contribution < -0.4 is 28.5 Å². The lowest BCUT2D eigenvalue weighted by atomic mass is 10.4. The monoisotopic (exact) mass is 339 g/mol. The number of ether oxygens (including phenoxy) is 1. The molecule has 0 aliphatic rings. The topological polar surface area (TPSA) is 48.0 Å². The molecule has 1 aromatic heterocycles. The molecule has 0 aromatic carbocycles. The van der Waals surface area contributed by atoms with Crippen LogP contribution in [-0.2, 0) is 29.5 Å². The summed E-state index contributed by atoms with van der Waals surface area (Å²) in [5.74, 6) is 1.55. The molecule has 0 unspecified atom stereocenters. The molecule has 0 aliphatic carbocycles. The van der Waals surface area contributed by atoms with Gasteiger partial charge in [-0.1, -0.05) is 0 Å². The van der Waals surface area contributed by atoms with Crippen molar-refractivity contribution in [2.45, 2.75) is 33.7 Å². The van der Waals surface area contributed by atoms with Gasteiger partial charge in [0.05, 0.1) is 13.7 Å². The van der Waals surface area contributed by atoms with E-state index in [-0.39, 0.29) is 36.4 Å². The first-order valence-corrected chi connectivity index (χ1v) is 5.18. The van der Waals surface area contributed by atoms with Crippen LogP contribution in [0, 0.1) is 6.92 Å². The number of rotatable bonds is 4. The summed E-state index contributed by atoms with van der Waals surface area (Å²) in [5.41, 5.74) is 0.